The van der Waals surface area contributed by atoms with E-state index < -0.39 is 12.1 Å². The van der Waals surface area contributed by atoms with Crippen molar-refractivity contribution in [3.63, 3.8) is 0 Å². The smallest absolute Gasteiger partial charge is 0.310 e. The molecule has 0 aliphatic heterocycles. The lowest BCUT2D eigenvalue weighted by atomic mass is 10.0. The Bertz CT molecular complexity index is 1230. The Labute approximate surface area is 421 Å². The van der Waals surface area contributed by atoms with Crippen molar-refractivity contribution in [3.8, 4) is 0 Å². The fraction of sp³-hybridized carbons (Fsp3) is 0.790. The minimum Gasteiger partial charge on any atom is -0.462 e. The maximum Gasteiger partial charge on any atom is 0.310 e. The summed E-state index contributed by atoms with van der Waals surface area (Å²) in [6.07, 6.45) is 71.1. The van der Waals surface area contributed by atoms with Crippen LogP contribution in [-0.2, 0) is 28.6 Å². The monoisotopic (exact) mass is 951 g/mol. The summed E-state index contributed by atoms with van der Waals surface area (Å²) in [4.78, 5) is 38.0. The van der Waals surface area contributed by atoms with E-state index in [-0.39, 0.29) is 31.6 Å². The Morgan fingerprint density at radius 2 is 0.559 bits per heavy atom. The van der Waals surface area contributed by atoms with Gasteiger partial charge in [0.1, 0.15) is 13.2 Å². The number of hydrogen-bond donors (Lipinski definition) is 0. The fourth-order valence-electron chi connectivity index (χ4n) is 8.46. The first-order valence-corrected chi connectivity index (χ1v) is 29.3. The Morgan fingerprint density at radius 3 is 0.838 bits per heavy atom. The standard InChI is InChI=1S/C62H110O6/c1-4-7-10-13-16-19-22-25-27-28-29-30-31-32-33-34-36-37-40-43-46-49-52-55-61(64)67-58-59(57-66-60(63)54-51-48-45-42-39-24-21-18-15-12-9-6-3)68-62(65)56-53-50-47-44-41-38-35-26-23-20-17-14-11-8-5-2/h8,11,17,20,26,35,41,44,50,53,59H,4-7,9-10,12-16,18-19,21-25,27-34,36-40,42-43,45-49,51-52,54-58H2,1-3H3/b11-8-,20-17-,35-26-,44-41-,53-50-. The molecule has 1 unspecified atom stereocenters. The van der Waals surface area contributed by atoms with Gasteiger partial charge in [-0.1, -0.05) is 293 Å². The van der Waals surface area contributed by atoms with Crippen LogP contribution in [0.5, 0.6) is 0 Å². The van der Waals surface area contributed by atoms with Crippen molar-refractivity contribution in [3.05, 3.63) is 60.8 Å². The van der Waals surface area contributed by atoms with Gasteiger partial charge < -0.3 is 14.2 Å². The molecular formula is C62H110O6. The maximum absolute atomic E-state index is 12.8. The number of esters is 3. The number of unbranched alkanes of at least 4 members (excludes halogenated alkanes) is 33. The summed E-state index contributed by atoms with van der Waals surface area (Å²) < 4.78 is 16.7. The van der Waals surface area contributed by atoms with Crippen LogP contribution in [-0.4, -0.2) is 37.2 Å². The molecule has 394 valence electrons. The number of hydrogen-bond acceptors (Lipinski definition) is 6. The molecule has 0 aliphatic carbocycles. The largest absolute Gasteiger partial charge is 0.462 e. The molecule has 0 radical (unpaired) electrons. The predicted octanol–water partition coefficient (Wildman–Crippen LogP) is 19.6. The molecule has 68 heavy (non-hydrogen) atoms. The van der Waals surface area contributed by atoms with E-state index in [0.29, 0.717) is 12.8 Å². The highest BCUT2D eigenvalue weighted by atomic mass is 16.6. The van der Waals surface area contributed by atoms with Gasteiger partial charge in [-0.05, 0) is 44.9 Å². The molecule has 0 saturated heterocycles. The third kappa shape index (κ3) is 54.1. The van der Waals surface area contributed by atoms with Crippen molar-refractivity contribution in [1.29, 1.82) is 0 Å². The SMILES string of the molecule is CC/C=C\C/C=C\C/C=C\C/C=C\C/C=C\CC(=O)OC(COC(=O)CCCCCCCCCCCCCC)COC(=O)CCCCCCCCCCCCCCCCCCCCCCCCC. The molecule has 0 aromatic rings. The zero-order valence-electron chi connectivity index (χ0n) is 45.1. The second-order valence-electron chi connectivity index (χ2n) is 19.6. The van der Waals surface area contributed by atoms with E-state index in [4.69, 9.17) is 14.2 Å². The zero-order valence-corrected chi connectivity index (χ0v) is 45.1. The second-order valence-corrected chi connectivity index (χ2v) is 19.6. The van der Waals surface area contributed by atoms with Gasteiger partial charge in [-0.25, -0.2) is 0 Å². The number of rotatable bonds is 53. The molecule has 0 fully saturated rings. The molecule has 0 bridgehead atoms. The van der Waals surface area contributed by atoms with Crippen molar-refractivity contribution in [2.45, 2.75) is 303 Å². The van der Waals surface area contributed by atoms with E-state index in [0.717, 1.165) is 70.6 Å². The summed E-state index contributed by atoms with van der Waals surface area (Å²) in [6.45, 7) is 6.47. The van der Waals surface area contributed by atoms with E-state index in [1.165, 1.54) is 186 Å². The number of ether oxygens (including phenoxy) is 3. The van der Waals surface area contributed by atoms with Crippen LogP contribution in [0.25, 0.3) is 0 Å². The fourth-order valence-corrected chi connectivity index (χ4v) is 8.46. The van der Waals surface area contributed by atoms with Crippen molar-refractivity contribution in [2.75, 3.05) is 13.2 Å². The van der Waals surface area contributed by atoms with Gasteiger partial charge in [0.15, 0.2) is 6.10 Å². The van der Waals surface area contributed by atoms with E-state index in [2.05, 4.69) is 69.4 Å². The van der Waals surface area contributed by atoms with E-state index in [1.807, 2.05) is 6.08 Å². The molecular weight excluding hydrogens is 841 g/mol. The minimum atomic E-state index is -0.825. The third-order valence-electron chi connectivity index (χ3n) is 12.8. The Hall–Kier alpha value is -2.89. The van der Waals surface area contributed by atoms with Crippen molar-refractivity contribution < 1.29 is 28.6 Å². The van der Waals surface area contributed by atoms with Gasteiger partial charge in [0, 0.05) is 12.8 Å². The predicted molar refractivity (Wildman–Crippen MR) is 293 cm³/mol. The average molecular weight is 952 g/mol. The van der Waals surface area contributed by atoms with Crippen LogP contribution in [0.4, 0.5) is 0 Å². The topological polar surface area (TPSA) is 78.9 Å². The van der Waals surface area contributed by atoms with E-state index >= 15 is 0 Å². The zero-order chi connectivity index (χ0) is 49.3. The highest BCUT2D eigenvalue weighted by molar-refractivity contribution is 5.72. The van der Waals surface area contributed by atoms with Crippen molar-refractivity contribution >= 4 is 17.9 Å². The Morgan fingerprint density at radius 1 is 0.309 bits per heavy atom. The van der Waals surface area contributed by atoms with Gasteiger partial charge in [0.25, 0.3) is 0 Å². The molecule has 0 saturated carbocycles. The molecule has 0 heterocycles. The van der Waals surface area contributed by atoms with Gasteiger partial charge in [-0.15, -0.1) is 0 Å². The summed E-state index contributed by atoms with van der Waals surface area (Å²) in [5.41, 5.74) is 0. The van der Waals surface area contributed by atoms with Crippen LogP contribution in [0.1, 0.15) is 297 Å². The average Bonchev–Trinajstić information content (AvgIpc) is 3.34. The normalized spacial score (nSPS) is 12.5. The lowest BCUT2D eigenvalue weighted by Crippen LogP contribution is -2.30. The molecule has 0 aromatic heterocycles. The van der Waals surface area contributed by atoms with Crippen LogP contribution >= 0.6 is 0 Å². The van der Waals surface area contributed by atoms with Crippen molar-refractivity contribution in [1.82, 2.24) is 0 Å². The molecule has 0 aliphatic rings. The summed E-state index contributed by atoms with van der Waals surface area (Å²) in [7, 11) is 0. The highest BCUT2D eigenvalue weighted by Gasteiger charge is 2.19. The molecule has 6 heteroatoms. The lowest BCUT2D eigenvalue weighted by molar-refractivity contribution is -0.166. The number of allylic oxidation sites excluding steroid dienone is 9. The molecule has 1 atom stereocenters. The van der Waals surface area contributed by atoms with Gasteiger partial charge in [-0.2, -0.15) is 0 Å². The molecule has 0 rings (SSSR count). The molecule has 6 nitrogen and oxygen atoms in total. The molecule has 0 aromatic carbocycles. The molecule has 0 amide bonds. The second kappa shape index (κ2) is 56.7. The minimum absolute atomic E-state index is 0.101. The highest BCUT2D eigenvalue weighted by Crippen LogP contribution is 2.17. The number of carbonyl (C=O) groups is 3. The van der Waals surface area contributed by atoms with Crippen LogP contribution in [0.15, 0.2) is 60.8 Å². The first-order valence-electron chi connectivity index (χ1n) is 29.3. The Balaban J connectivity index is 4.33. The van der Waals surface area contributed by atoms with E-state index in [9.17, 15) is 14.4 Å². The summed E-state index contributed by atoms with van der Waals surface area (Å²) in [5.74, 6) is -1.03. The van der Waals surface area contributed by atoms with Gasteiger partial charge in [-0.3, -0.25) is 14.4 Å². The molecule has 0 N–H and O–H groups in total. The quantitative estimate of drug-likeness (QED) is 0.0262. The van der Waals surface area contributed by atoms with Crippen LogP contribution in [0.2, 0.25) is 0 Å². The van der Waals surface area contributed by atoms with Crippen LogP contribution in [0, 0.1) is 0 Å². The van der Waals surface area contributed by atoms with Crippen molar-refractivity contribution in [2.24, 2.45) is 0 Å². The van der Waals surface area contributed by atoms with Gasteiger partial charge in [0.2, 0.25) is 0 Å². The van der Waals surface area contributed by atoms with E-state index in [1.54, 1.807) is 6.08 Å². The van der Waals surface area contributed by atoms with Gasteiger partial charge in [0.05, 0.1) is 6.42 Å². The maximum atomic E-state index is 12.8. The van der Waals surface area contributed by atoms with Crippen LogP contribution in [0.3, 0.4) is 0 Å². The van der Waals surface area contributed by atoms with Crippen LogP contribution < -0.4 is 0 Å². The first kappa shape index (κ1) is 65.1. The number of carbonyl (C=O) groups excluding carboxylic acids is 3. The summed E-state index contributed by atoms with van der Waals surface area (Å²) in [5, 5.41) is 0. The first-order chi connectivity index (χ1) is 33.5. The summed E-state index contributed by atoms with van der Waals surface area (Å²) in [6, 6.07) is 0. The summed E-state index contributed by atoms with van der Waals surface area (Å²) >= 11 is 0. The third-order valence-corrected chi connectivity index (χ3v) is 12.8. The lowest BCUT2D eigenvalue weighted by Gasteiger charge is -2.18. The van der Waals surface area contributed by atoms with Gasteiger partial charge >= 0.3 is 17.9 Å². The molecule has 0 spiro atoms. The Kier molecular flexibility index (Phi) is 54.3.